The van der Waals surface area contributed by atoms with Crippen molar-refractivity contribution in [3.8, 4) is 0 Å². The smallest absolute Gasteiger partial charge is 0.159 e. The fraction of sp³-hybridized carbons (Fsp3) is 0.357. The number of nitrogens with one attached hydrogen (secondary N) is 1. The number of benzene rings is 1. The zero-order valence-corrected chi connectivity index (χ0v) is 11.7. The minimum Gasteiger partial charge on any atom is -0.550 e. The van der Waals surface area contributed by atoms with Gasteiger partial charge in [-0.2, -0.15) is 0 Å². The average molecular weight is 293 g/mol. The summed E-state index contributed by atoms with van der Waals surface area (Å²) >= 11 is 6.00. The van der Waals surface area contributed by atoms with Crippen molar-refractivity contribution in [3.05, 3.63) is 29.4 Å². The van der Waals surface area contributed by atoms with E-state index in [1.54, 1.807) is 0 Å². The molecule has 1 aromatic heterocycles. The number of hydrogen-bond donors (Lipinski definition) is 1. The van der Waals surface area contributed by atoms with Gasteiger partial charge < -0.3 is 15.2 Å². The van der Waals surface area contributed by atoms with Crippen molar-refractivity contribution in [2.24, 2.45) is 0 Å². The third kappa shape index (κ3) is 3.81. The van der Waals surface area contributed by atoms with E-state index in [0.29, 0.717) is 23.9 Å². The van der Waals surface area contributed by atoms with E-state index in [-0.39, 0.29) is 6.42 Å². The van der Waals surface area contributed by atoms with Gasteiger partial charge in [-0.3, -0.25) is 0 Å². The molecule has 0 aliphatic rings. The van der Waals surface area contributed by atoms with Crippen LogP contribution in [0.2, 0.25) is 5.15 Å². The molecule has 1 N–H and O–H groups in total. The second-order valence-corrected chi connectivity index (χ2v) is 4.85. The van der Waals surface area contributed by atoms with E-state index in [1.807, 2.05) is 24.3 Å². The van der Waals surface area contributed by atoms with Crippen LogP contribution in [0.1, 0.15) is 25.7 Å². The lowest BCUT2D eigenvalue weighted by molar-refractivity contribution is -0.305. The monoisotopic (exact) mass is 292 g/mol. The molecule has 0 saturated carbocycles. The Hall–Kier alpha value is -1.88. The van der Waals surface area contributed by atoms with E-state index < -0.39 is 5.97 Å². The number of carbonyl (C=O) groups excluding carboxylic acids is 1. The lowest BCUT2D eigenvalue weighted by atomic mass is 10.2. The molecular weight excluding hydrogens is 278 g/mol. The van der Waals surface area contributed by atoms with Crippen LogP contribution in [0.4, 0.5) is 5.82 Å². The number of carboxylic acids is 1. The number of aromatic nitrogens is 2. The standard InChI is InChI=1S/C14H16ClN3O2/c15-13-10-6-3-4-7-11(10)14(18-17-13)16-9-5-1-2-8-12(19)20/h3-4,6-7H,1-2,5,8-9H2,(H,16,18)(H,19,20)/p-1. The van der Waals surface area contributed by atoms with Crippen LogP contribution in [0.3, 0.4) is 0 Å². The topological polar surface area (TPSA) is 77.9 Å². The Balaban J connectivity index is 1.90. The number of carboxylic acid groups (broad SMARTS) is 1. The van der Waals surface area contributed by atoms with E-state index in [1.165, 1.54) is 0 Å². The molecule has 1 aromatic carbocycles. The number of aliphatic carboxylic acids is 1. The van der Waals surface area contributed by atoms with Crippen LogP contribution >= 0.6 is 11.6 Å². The number of carbonyl (C=O) groups is 1. The lowest BCUT2D eigenvalue weighted by Gasteiger charge is -2.08. The maximum atomic E-state index is 10.3. The number of anilines is 1. The van der Waals surface area contributed by atoms with Crippen molar-refractivity contribution in [2.75, 3.05) is 11.9 Å². The van der Waals surface area contributed by atoms with Gasteiger partial charge in [0.15, 0.2) is 11.0 Å². The van der Waals surface area contributed by atoms with E-state index in [0.717, 1.165) is 23.6 Å². The van der Waals surface area contributed by atoms with Crippen molar-refractivity contribution in [1.82, 2.24) is 10.2 Å². The zero-order chi connectivity index (χ0) is 14.4. The van der Waals surface area contributed by atoms with Crippen molar-refractivity contribution >= 4 is 34.2 Å². The van der Waals surface area contributed by atoms with Crippen LogP contribution in [0, 0.1) is 0 Å². The number of rotatable bonds is 7. The number of halogens is 1. The van der Waals surface area contributed by atoms with E-state index >= 15 is 0 Å². The summed E-state index contributed by atoms with van der Waals surface area (Å²) < 4.78 is 0. The SMILES string of the molecule is O=C([O-])CCCCCNc1nnc(Cl)c2ccccc12. The van der Waals surface area contributed by atoms with E-state index in [2.05, 4.69) is 15.5 Å². The van der Waals surface area contributed by atoms with Crippen LogP contribution in [-0.2, 0) is 4.79 Å². The van der Waals surface area contributed by atoms with E-state index in [4.69, 9.17) is 11.6 Å². The molecule has 2 rings (SSSR count). The second-order valence-electron chi connectivity index (χ2n) is 4.49. The first-order chi connectivity index (χ1) is 9.68. The van der Waals surface area contributed by atoms with Crippen LogP contribution in [0.25, 0.3) is 10.8 Å². The van der Waals surface area contributed by atoms with Crippen LogP contribution in [0.15, 0.2) is 24.3 Å². The third-order valence-corrected chi connectivity index (χ3v) is 3.27. The molecule has 20 heavy (non-hydrogen) atoms. The number of fused-ring (bicyclic) bond motifs is 1. The van der Waals surface area contributed by atoms with Crippen molar-refractivity contribution in [2.45, 2.75) is 25.7 Å². The third-order valence-electron chi connectivity index (χ3n) is 2.99. The van der Waals surface area contributed by atoms with Gasteiger partial charge in [0.25, 0.3) is 0 Å². The summed E-state index contributed by atoms with van der Waals surface area (Å²) in [5, 5.41) is 23.6. The molecule has 0 fully saturated rings. The Morgan fingerprint density at radius 1 is 1.15 bits per heavy atom. The van der Waals surface area contributed by atoms with Gasteiger partial charge in [-0.05, 0) is 19.3 Å². The normalized spacial score (nSPS) is 10.7. The molecular formula is C14H15ClN3O2-. The Kier molecular flexibility index (Phi) is 5.12. The Morgan fingerprint density at radius 2 is 1.90 bits per heavy atom. The lowest BCUT2D eigenvalue weighted by Crippen LogP contribution is -2.21. The number of nitrogens with zero attached hydrogens (tertiary/aromatic N) is 2. The second kappa shape index (κ2) is 7.05. The molecule has 0 aliphatic heterocycles. The van der Waals surface area contributed by atoms with Gasteiger partial charge in [0.2, 0.25) is 0 Å². The Labute approximate surface area is 122 Å². The van der Waals surface area contributed by atoms with E-state index in [9.17, 15) is 9.90 Å². The molecule has 0 bridgehead atoms. The van der Waals surface area contributed by atoms with Crippen molar-refractivity contribution in [3.63, 3.8) is 0 Å². The van der Waals surface area contributed by atoms with Crippen molar-refractivity contribution < 1.29 is 9.90 Å². The molecule has 6 heteroatoms. The van der Waals surface area contributed by atoms with Gasteiger partial charge in [0.1, 0.15) is 0 Å². The maximum Gasteiger partial charge on any atom is 0.159 e. The maximum absolute atomic E-state index is 10.3. The summed E-state index contributed by atoms with van der Waals surface area (Å²) in [6.07, 6.45) is 2.45. The summed E-state index contributed by atoms with van der Waals surface area (Å²) in [6, 6.07) is 7.66. The highest BCUT2D eigenvalue weighted by Crippen LogP contribution is 2.25. The molecule has 5 nitrogen and oxygen atoms in total. The zero-order valence-electron chi connectivity index (χ0n) is 10.9. The number of unbranched alkanes of at least 4 members (excludes halogenated alkanes) is 2. The van der Waals surface area contributed by atoms with Gasteiger partial charge in [-0.25, -0.2) is 0 Å². The summed E-state index contributed by atoms with van der Waals surface area (Å²) in [6.45, 7) is 0.716. The first-order valence-electron chi connectivity index (χ1n) is 6.53. The predicted molar refractivity (Wildman–Crippen MR) is 76.5 cm³/mol. The van der Waals surface area contributed by atoms with Gasteiger partial charge in [-0.1, -0.05) is 42.3 Å². The highest BCUT2D eigenvalue weighted by atomic mass is 35.5. The molecule has 0 radical (unpaired) electrons. The quantitative estimate of drug-likeness (QED) is 0.790. The van der Waals surface area contributed by atoms with Gasteiger partial charge in [-0.15, -0.1) is 10.2 Å². The highest BCUT2D eigenvalue weighted by Gasteiger charge is 2.06. The van der Waals surface area contributed by atoms with Crippen LogP contribution in [-0.4, -0.2) is 22.7 Å². The summed E-state index contributed by atoms with van der Waals surface area (Å²) in [5.74, 6) is -0.294. The fourth-order valence-corrected chi connectivity index (χ4v) is 2.18. The fourth-order valence-electron chi connectivity index (χ4n) is 1.98. The van der Waals surface area contributed by atoms with Gasteiger partial charge >= 0.3 is 0 Å². The van der Waals surface area contributed by atoms with Crippen molar-refractivity contribution in [1.29, 1.82) is 0 Å². The van der Waals surface area contributed by atoms with Crippen LogP contribution < -0.4 is 10.4 Å². The summed E-state index contributed by atoms with van der Waals surface area (Å²) in [5.41, 5.74) is 0. The Bertz CT molecular complexity index is 604. The summed E-state index contributed by atoms with van der Waals surface area (Å²) in [4.78, 5) is 10.3. The molecule has 1 heterocycles. The first kappa shape index (κ1) is 14.5. The predicted octanol–water partition coefficient (Wildman–Crippen LogP) is 2.01. The molecule has 0 amide bonds. The first-order valence-corrected chi connectivity index (χ1v) is 6.91. The summed E-state index contributed by atoms with van der Waals surface area (Å²) in [7, 11) is 0. The minimum absolute atomic E-state index is 0.115. The molecule has 2 aromatic rings. The largest absolute Gasteiger partial charge is 0.550 e. The molecule has 0 spiro atoms. The van der Waals surface area contributed by atoms with Gasteiger partial charge in [0, 0.05) is 23.3 Å². The molecule has 0 unspecified atom stereocenters. The minimum atomic E-state index is -0.993. The van der Waals surface area contributed by atoms with Crippen LogP contribution in [0.5, 0.6) is 0 Å². The van der Waals surface area contributed by atoms with Gasteiger partial charge in [0.05, 0.1) is 0 Å². The molecule has 106 valence electrons. The number of hydrogen-bond acceptors (Lipinski definition) is 5. The average Bonchev–Trinajstić information content (AvgIpc) is 2.45. The Morgan fingerprint density at radius 3 is 2.65 bits per heavy atom. The molecule has 0 aliphatic carbocycles. The molecule has 0 saturated heterocycles. The molecule has 0 atom stereocenters. The highest BCUT2D eigenvalue weighted by molar-refractivity contribution is 6.34.